The lowest BCUT2D eigenvalue weighted by Crippen LogP contribution is -2.17. The molecule has 92 valence electrons. The van der Waals surface area contributed by atoms with Crippen molar-refractivity contribution >= 4 is 21.6 Å². The third-order valence-electron chi connectivity index (χ3n) is 2.86. The molecule has 3 nitrogen and oxygen atoms in total. The van der Waals surface area contributed by atoms with Crippen molar-refractivity contribution in [3.05, 3.63) is 51.9 Å². The first kappa shape index (κ1) is 12.7. The van der Waals surface area contributed by atoms with Gasteiger partial charge in [-0.1, -0.05) is 15.9 Å². The van der Waals surface area contributed by atoms with Crippen LogP contribution in [0.1, 0.15) is 16.9 Å². The van der Waals surface area contributed by atoms with Gasteiger partial charge in [-0.2, -0.15) is 5.26 Å². The summed E-state index contributed by atoms with van der Waals surface area (Å²) in [5.41, 5.74) is 2.71. The lowest BCUT2D eigenvalue weighted by molar-refractivity contribution is 0.529. The molecule has 18 heavy (non-hydrogen) atoms. The third-order valence-corrected chi connectivity index (χ3v) is 3.36. The molecule has 0 unspecified atom stereocenters. The summed E-state index contributed by atoms with van der Waals surface area (Å²) in [6.45, 7) is 2.66. The first-order valence-electron chi connectivity index (χ1n) is 5.55. The van der Waals surface area contributed by atoms with Crippen LogP contribution in [0.4, 0.5) is 5.69 Å². The molecule has 0 N–H and O–H groups in total. The Morgan fingerprint density at radius 3 is 2.78 bits per heavy atom. The predicted molar refractivity (Wildman–Crippen MR) is 74.4 cm³/mol. The van der Waals surface area contributed by atoms with Gasteiger partial charge in [0, 0.05) is 23.6 Å². The number of hydrogen-bond donors (Lipinski definition) is 0. The fourth-order valence-electron chi connectivity index (χ4n) is 1.85. The highest BCUT2D eigenvalue weighted by molar-refractivity contribution is 9.10. The summed E-state index contributed by atoms with van der Waals surface area (Å²) in [4.78, 5) is 2.04. The number of nitriles is 1. The Balaban J connectivity index is 2.27. The number of nitrogens with zero attached hydrogens (tertiary/aromatic N) is 2. The van der Waals surface area contributed by atoms with Crippen LogP contribution in [-0.2, 0) is 6.54 Å². The molecule has 0 radical (unpaired) electrons. The smallest absolute Gasteiger partial charge is 0.105 e. The van der Waals surface area contributed by atoms with Crippen molar-refractivity contribution in [3.8, 4) is 6.07 Å². The van der Waals surface area contributed by atoms with E-state index in [9.17, 15) is 0 Å². The van der Waals surface area contributed by atoms with Gasteiger partial charge in [-0.3, -0.25) is 0 Å². The average molecular weight is 305 g/mol. The standard InChI is InChI=1S/C14H13BrN2O/c1-10-11(5-6-18-10)9-17(2)14-4-3-13(15)7-12(14)8-16/h3-7H,9H2,1-2H3. The van der Waals surface area contributed by atoms with Crippen LogP contribution < -0.4 is 4.90 Å². The predicted octanol–water partition coefficient (Wildman–Crippen LogP) is 3.86. The first-order chi connectivity index (χ1) is 8.61. The molecule has 0 aliphatic heterocycles. The van der Waals surface area contributed by atoms with Crippen LogP contribution in [0.2, 0.25) is 0 Å². The van der Waals surface area contributed by atoms with Crippen LogP contribution in [0, 0.1) is 18.3 Å². The van der Waals surface area contributed by atoms with Gasteiger partial charge >= 0.3 is 0 Å². The van der Waals surface area contributed by atoms with Crippen molar-refractivity contribution < 1.29 is 4.42 Å². The number of furan rings is 1. The zero-order valence-electron chi connectivity index (χ0n) is 10.3. The second kappa shape index (κ2) is 5.28. The maximum absolute atomic E-state index is 9.16. The summed E-state index contributed by atoms with van der Waals surface area (Å²) in [5, 5.41) is 9.16. The molecule has 0 saturated heterocycles. The molecule has 0 aliphatic carbocycles. The monoisotopic (exact) mass is 304 g/mol. The van der Waals surface area contributed by atoms with E-state index in [2.05, 4.69) is 22.0 Å². The number of hydrogen-bond acceptors (Lipinski definition) is 3. The van der Waals surface area contributed by atoms with Crippen LogP contribution >= 0.6 is 15.9 Å². The molecule has 2 aromatic rings. The summed E-state index contributed by atoms with van der Waals surface area (Å²) in [6.07, 6.45) is 1.69. The molecular weight excluding hydrogens is 292 g/mol. The second-order valence-corrected chi connectivity index (χ2v) is 5.05. The number of rotatable bonds is 3. The van der Waals surface area contributed by atoms with Crippen molar-refractivity contribution in [2.75, 3.05) is 11.9 Å². The average Bonchev–Trinajstić information content (AvgIpc) is 2.74. The minimum Gasteiger partial charge on any atom is -0.469 e. The van der Waals surface area contributed by atoms with E-state index in [-0.39, 0.29) is 0 Å². The fraction of sp³-hybridized carbons (Fsp3) is 0.214. The molecular formula is C14H13BrN2O. The van der Waals surface area contributed by atoms with Gasteiger partial charge in [-0.15, -0.1) is 0 Å². The highest BCUT2D eigenvalue weighted by Gasteiger charge is 2.10. The SMILES string of the molecule is Cc1occc1CN(C)c1ccc(Br)cc1C#N. The van der Waals surface area contributed by atoms with Gasteiger partial charge in [-0.25, -0.2) is 0 Å². The summed E-state index contributed by atoms with van der Waals surface area (Å²) >= 11 is 3.37. The Bertz CT molecular complexity index is 598. The van der Waals surface area contributed by atoms with Crippen molar-refractivity contribution in [2.45, 2.75) is 13.5 Å². The summed E-state index contributed by atoms with van der Waals surface area (Å²) in [7, 11) is 1.97. The second-order valence-electron chi connectivity index (χ2n) is 4.13. The normalized spacial score (nSPS) is 10.1. The van der Waals surface area contributed by atoms with E-state index in [1.165, 1.54) is 0 Å². The van der Waals surface area contributed by atoms with Crippen LogP contribution in [0.25, 0.3) is 0 Å². The van der Waals surface area contributed by atoms with E-state index < -0.39 is 0 Å². The molecule has 0 bridgehead atoms. The first-order valence-corrected chi connectivity index (χ1v) is 6.35. The van der Waals surface area contributed by atoms with Crippen LogP contribution in [0.15, 0.2) is 39.4 Å². The van der Waals surface area contributed by atoms with Crippen LogP contribution in [-0.4, -0.2) is 7.05 Å². The number of halogens is 1. The summed E-state index contributed by atoms with van der Waals surface area (Å²) in [6, 6.07) is 9.88. The van der Waals surface area contributed by atoms with Crippen LogP contribution in [0.5, 0.6) is 0 Å². The number of anilines is 1. The molecule has 0 atom stereocenters. The van der Waals surface area contributed by atoms with E-state index >= 15 is 0 Å². The number of benzene rings is 1. The third kappa shape index (κ3) is 2.57. The lowest BCUT2D eigenvalue weighted by Gasteiger charge is -2.20. The Kier molecular flexibility index (Phi) is 3.73. The molecule has 0 amide bonds. The zero-order valence-corrected chi connectivity index (χ0v) is 11.9. The largest absolute Gasteiger partial charge is 0.469 e. The molecule has 2 rings (SSSR count). The molecule has 1 aromatic heterocycles. The maximum atomic E-state index is 9.16. The molecule has 0 spiro atoms. The highest BCUT2D eigenvalue weighted by atomic mass is 79.9. The minimum absolute atomic E-state index is 0.660. The maximum Gasteiger partial charge on any atom is 0.105 e. The fourth-order valence-corrected chi connectivity index (χ4v) is 2.21. The van der Waals surface area contributed by atoms with E-state index in [0.29, 0.717) is 5.56 Å². The Labute approximate surface area is 115 Å². The lowest BCUT2D eigenvalue weighted by atomic mass is 10.1. The van der Waals surface area contributed by atoms with E-state index in [1.54, 1.807) is 6.26 Å². The Morgan fingerprint density at radius 2 is 2.17 bits per heavy atom. The summed E-state index contributed by atoms with van der Waals surface area (Å²) in [5.74, 6) is 0.914. The highest BCUT2D eigenvalue weighted by Crippen LogP contribution is 2.25. The summed E-state index contributed by atoms with van der Waals surface area (Å²) < 4.78 is 6.19. The van der Waals surface area contributed by atoms with Gasteiger partial charge in [0.15, 0.2) is 0 Å². The van der Waals surface area contributed by atoms with E-state index in [0.717, 1.165) is 28.0 Å². The molecule has 1 heterocycles. The Hall–Kier alpha value is -1.73. The zero-order chi connectivity index (χ0) is 13.1. The molecule has 0 fully saturated rings. The van der Waals surface area contributed by atoms with Gasteiger partial charge in [-0.05, 0) is 31.2 Å². The topological polar surface area (TPSA) is 40.2 Å². The molecule has 0 aliphatic rings. The quantitative estimate of drug-likeness (QED) is 0.864. The van der Waals surface area contributed by atoms with Crippen molar-refractivity contribution in [1.82, 2.24) is 0 Å². The van der Waals surface area contributed by atoms with Crippen molar-refractivity contribution in [3.63, 3.8) is 0 Å². The van der Waals surface area contributed by atoms with Gasteiger partial charge in [0.25, 0.3) is 0 Å². The van der Waals surface area contributed by atoms with Gasteiger partial charge in [0.1, 0.15) is 11.8 Å². The van der Waals surface area contributed by atoms with Crippen LogP contribution in [0.3, 0.4) is 0 Å². The van der Waals surface area contributed by atoms with E-state index in [4.69, 9.17) is 9.68 Å². The molecule has 4 heteroatoms. The van der Waals surface area contributed by atoms with Crippen molar-refractivity contribution in [1.29, 1.82) is 5.26 Å². The molecule has 0 saturated carbocycles. The van der Waals surface area contributed by atoms with E-state index in [1.807, 2.05) is 43.1 Å². The van der Waals surface area contributed by atoms with Crippen molar-refractivity contribution in [2.24, 2.45) is 0 Å². The molecule has 1 aromatic carbocycles. The van der Waals surface area contributed by atoms with Gasteiger partial charge in [0.2, 0.25) is 0 Å². The van der Waals surface area contributed by atoms with Gasteiger partial charge < -0.3 is 9.32 Å². The van der Waals surface area contributed by atoms with Gasteiger partial charge in [0.05, 0.1) is 17.5 Å². The number of aryl methyl sites for hydroxylation is 1. The Morgan fingerprint density at radius 1 is 1.39 bits per heavy atom. The minimum atomic E-state index is 0.660.